The predicted octanol–water partition coefficient (Wildman–Crippen LogP) is 2.22. The fourth-order valence-electron chi connectivity index (χ4n) is 2.10. The van der Waals surface area contributed by atoms with Crippen LogP contribution in [0.2, 0.25) is 0 Å². The van der Waals surface area contributed by atoms with E-state index in [9.17, 15) is 9.90 Å². The summed E-state index contributed by atoms with van der Waals surface area (Å²) in [5, 5.41) is 10.1. The maximum atomic E-state index is 11.0. The van der Waals surface area contributed by atoms with Crippen molar-refractivity contribution in [2.24, 2.45) is 0 Å². The summed E-state index contributed by atoms with van der Waals surface area (Å²) in [6.07, 6.45) is 1.65. The van der Waals surface area contributed by atoms with Gasteiger partial charge >= 0.3 is 5.97 Å². The number of benzene rings is 1. The fraction of sp³-hybridized carbons (Fsp3) is 0.533. The van der Waals surface area contributed by atoms with E-state index >= 15 is 0 Å². The van der Waals surface area contributed by atoms with Gasteiger partial charge in [-0.3, -0.25) is 4.79 Å². The van der Waals surface area contributed by atoms with Gasteiger partial charge in [0.15, 0.2) is 11.5 Å². The Kier molecular flexibility index (Phi) is 5.24. The molecule has 0 saturated carbocycles. The lowest BCUT2D eigenvalue weighted by molar-refractivity contribution is -0.140. The minimum absolute atomic E-state index is 0.254. The van der Waals surface area contributed by atoms with Gasteiger partial charge in [-0.25, -0.2) is 0 Å². The molecule has 0 aliphatic carbocycles. The van der Waals surface area contributed by atoms with Gasteiger partial charge in [-0.1, -0.05) is 6.07 Å². The number of aliphatic hydroxyl groups excluding tert-OH is 1. The van der Waals surface area contributed by atoms with E-state index in [4.69, 9.17) is 9.47 Å². The summed E-state index contributed by atoms with van der Waals surface area (Å²) in [5.41, 5.74) is 0.777. The van der Waals surface area contributed by atoms with Gasteiger partial charge in [0.25, 0.3) is 0 Å². The molecule has 1 N–H and O–H groups in total. The van der Waals surface area contributed by atoms with E-state index in [1.807, 2.05) is 18.2 Å². The molecule has 0 spiro atoms. The number of hydrogen-bond donors (Lipinski definition) is 1. The third-order valence-corrected chi connectivity index (χ3v) is 3.24. The standard InChI is InChI=1S/C15H20O5/c1-18-15(17)5-2-4-12(16)11-6-7-13-14(10-11)20-9-3-8-19-13/h6-7,10,12,16H,2-5,8-9H2,1H3. The van der Waals surface area contributed by atoms with Gasteiger partial charge in [0.05, 0.1) is 26.4 Å². The third-order valence-electron chi connectivity index (χ3n) is 3.24. The van der Waals surface area contributed by atoms with Crippen LogP contribution >= 0.6 is 0 Å². The molecule has 0 amide bonds. The van der Waals surface area contributed by atoms with E-state index in [1.54, 1.807) is 0 Å². The molecule has 5 nitrogen and oxygen atoms in total. The summed E-state index contributed by atoms with van der Waals surface area (Å²) in [6.45, 7) is 1.27. The summed E-state index contributed by atoms with van der Waals surface area (Å²) in [5.74, 6) is 1.14. The number of methoxy groups -OCH3 is 1. The number of aliphatic hydroxyl groups is 1. The predicted molar refractivity (Wildman–Crippen MR) is 72.9 cm³/mol. The molecule has 0 aromatic heterocycles. The number of ether oxygens (including phenoxy) is 3. The smallest absolute Gasteiger partial charge is 0.305 e. The molecule has 0 radical (unpaired) electrons. The maximum absolute atomic E-state index is 11.0. The van der Waals surface area contributed by atoms with Crippen molar-refractivity contribution in [3.63, 3.8) is 0 Å². The summed E-state index contributed by atoms with van der Waals surface area (Å²) < 4.78 is 15.7. The van der Waals surface area contributed by atoms with E-state index in [0.29, 0.717) is 44.0 Å². The first-order valence-electron chi connectivity index (χ1n) is 6.85. The van der Waals surface area contributed by atoms with Gasteiger partial charge in [-0.2, -0.15) is 0 Å². The van der Waals surface area contributed by atoms with E-state index < -0.39 is 6.10 Å². The Bertz CT molecular complexity index is 458. The summed E-state index contributed by atoms with van der Waals surface area (Å²) in [6, 6.07) is 5.46. The van der Waals surface area contributed by atoms with Crippen LogP contribution in [0.5, 0.6) is 11.5 Å². The molecule has 0 fully saturated rings. The summed E-state index contributed by atoms with van der Waals surface area (Å²) in [4.78, 5) is 11.0. The molecule has 1 aliphatic rings. The summed E-state index contributed by atoms with van der Waals surface area (Å²) >= 11 is 0. The number of hydrogen-bond acceptors (Lipinski definition) is 5. The molecule has 110 valence electrons. The Hall–Kier alpha value is -1.75. The molecule has 2 rings (SSSR count). The number of fused-ring (bicyclic) bond motifs is 1. The Balaban J connectivity index is 1.94. The Labute approximate surface area is 118 Å². The van der Waals surface area contributed by atoms with E-state index in [-0.39, 0.29) is 5.97 Å². The molecule has 1 aromatic rings. The van der Waals surface area contributed by atoms with Gasteiger partial charge in [-0.15, -0.1) is 0 Å². The lowest BCUT2D eigenvalue weighted by atomic mass is 10.0. The fourth-order valence-corrected chi connectivity index (χ4v) is 2.10. The highest BCUT2D eigenvalue weighted by Gasteiger charge is 2.15. The Morgan fingerprint density at radius 3 is 2.85 bits per heavy atom. The molecule has 0 bridgehead atoms. The lowest BCUT2D eigenvalue weighted by Gasteiger charge is -2.13. The zero-order valence-electron chi connectivity index (χ0n) is 11.6. The van der Waals surface area contributed by atoms with E-state index in [2.05, 4.69) is 4.74 Å². The molecule has 1 unspecified atom stereocenters. The molecule has 0 saturated heterocycles. The van der Waals surface area contributed by atoms with Crippen molar-refractivity contribution < 1.29 is 24.1 Å². The molecule has 1 aromatic carbocycles. The van der Waals surface area contributed by atoms with Crippen LogP contribution in [0.1, 0.15) is 37.4 Å². The highest BCUT2D eigenvalue weighted by Crippen LogP contribution is 2.33. The number of esters is 1. The van der Waals surface area contributed by atoms with Crippen LogP contribution in [0.25, 0.3) is 0 Å². The largest absolute Gasteiger partial charge is 0.490 e. The van der Waals surface area contributed by atoms with Crippen molar-refractivity contribution >= 4 is 5.97 Å². The van der Waals surface area contributed by atoms with E-state index in [0.717, 1.165) is 12.0 Å². The normalized spacial score (nSPS) is 15.3. The average Bonchev–Trinajstić information content (AvgIpc) is 2.71. The van der Waals surface area contributed by atoms with Crippen LogP contribution in [0.15, 0.2) is 18.2 Å². The second-order valence-electron chi connectivity index (χ2n) is 4.74. The molecule has 5 heteroatoms. The minimum Gasteiger partial charge on any atom is -0.490 e. The van der Waals surface area contributed by atoms with Crippen molar-refractivity contribution in [1.29, 1.82) is 0 Å². The van der Waals surface area contributed by atoms with E-state index in [1.165, 1.54) is 7.11 Å². The SMILES string of the molecule is COC(=O)CCCC(O)c1ccc2c(c1)OCCCO2. The van der Waals surface area contributed by atoms with Gasteiger partial charge in [0, 0.05) is 12.8 Å². The van der Waals surface area contributed by atoms with Gasteiger partial charge in [0.1, 0.15) is 0 Å². The molecular weight excluding hydrogens is 260 g/mol. The lowest BCUT2D eigenvalue weighted by Crippen LogP contribution is -2.03. The Morgan fingerprint density at radius 1 is 1.35 bits per heavy atom. The van der Waals surface area contributed by atoms with Crippen molar-refractivity contribution in [1.82, 2.24) is 0 Å². The van der Waals surface area contributed by atoms with Crippen molar-refractivity contribution in [3.8, 4) is 11.5 Å². The van der Waals surface area contributed by atoms with Gasteiger partial charge in [0.2, 0.25) is 0 Å². The highest BCUT2D eigenvalue weighted by molar-refractivity contribution is 5.69. The first-order chi connectivity index (χ1) is 9.70. The monoisotopic (exact) mass is 280 g/mol. The average molecular weight is 280 g/mol. The van der Waals surface area contributed by atoms with Crippen molar-refractivity contribution in [3.05, 3.63) is 23.8 Å². The molecule has 20 heavy (non-hydrogen) atoms. The van der Waals surface area contributed by atoms with Crippen molar-refractivity contribution in [2.45, 2.75) is 31.8 Å². The summed E-state index contributed by atoms with van der Waals surface area (Å²) in [7, 11) is 1.36. The number of carbonyl (C=O) groups excluding carboxylic acids is 1. The van der Waals surface area contributed by atoms with Crippen LogP contribution in [0, 0.1) is 0 Å². The van der Waals surface area contributed by atoms with Gasteiger partial charge in [-0.05, 0) is 30.5 Å². The molecule has 1 aliphatic heterocycles. The minimum atomic E-state index is -0.614. The van der Waals surface area contributed by atoms with Crippen LogP contribution in [0.4, 0.5) is 0 Å². The number of rotatable bonds is 5. The topological polar surface area (TPSA) is 65.0 Å². The zero-order chi connectivity index (χ0) is 14.4. The third kappa shape index (κ3) is 3.87. The number of carbonyl (C=O) groups is 1. The Morgan fingerprint density at radius 2 is 2.10 bits per heavy atom. The second-order valence-corrected chi connectivity index (χ2v) is 4.74. The van der Waals surface area contributed by atoms with Crippen LogP contribution in [-0.4, -0.2) is 31.4 Å². The molecular formula is C15H20O5. The first kappa shape index (κ1) is 14.7. The quantitative estimate of drug-likeness (QED) is 0.838. The molecule has 1 atom stereocenters. The van der Waals surface area contributed by atoms with Crippen molar-refractivity contribution in [2.75, 3.05) is 20.3 Å². The van der Waals surface area contributed by atoms with Crippen LogP contribution < -0.4 is 9.47 Å². The molecule has 1 heterocycles. The van der Waals surface area contributed by atoms with Gasteiger partial charge < -0.3 is 19.3 Å². The maximum Gasteiger partial charge on any atom is 0.305 e. The zero-order valence-corrected chi connectivity index (χ0v) is 11.6. The first-order valence-corrected chi connectivity index (χ1v) is 6.85. The highest BCUT2D eigenvalue weighted by atomic mass is 16.5. The van der Waals surface area contributed by atoms with Crippen LogP contribution in [-0.2, 0) is 9.53 Å². The second kappa shape index (κ2) is 7.14. The van der Waals surface area contributed by atoms with Crippen LogP contribution in [0.3, 0.4) is 0 Å².